The summed E-state index contributed by atoms with van der Waals surface area (Å²) in [6.07, 6.45) is 11.5. The van der Waals surface area contributed by atoms with Crippen molar-refractivity contribution in [3.63, 3.8) is 0 Å². The lowest BCUT2D eigenvalue weighted by Gasteiger charge is -2.51. The number of esters is 1. The summed E-state index contributed by atoms with van der Waals surface area (Å²) in [6.45, 7) is 5.23. The van der Waals surface area contributed by atoms with E-state index in [4.69, 9.17) is 4.74 Å². The minimum absolute atomic E-state index is 0.0508. The van der Waals surface area contributed by atoms with Crippen LogP contribution in [0.2, 0.25) is 0 Å². The van der Waals surface area contributed by atoms with Crippen LogP contribution >= 0.6 is 0 Å². The molecule has 1 aliphatic heterocycles. The zero-order valence-corrected chi connectivity index (χ0v) is 24.1. The number of hydrogen-bond donors (Lipinski definition) is 1. The molecule has 6 heteroatoms. The molecule has 1 N–H and O–H groups in total. The molecule has 5 rings (SSSR count). The normalized spacial score (nSPS) is 24.1. The van der Waals surface area contributed by atoms with Gasteiger partial charge in [0.15, 0.2) is 0 Å². The number of fused-ring (bicyclic) bond motifs is 2. The van der Waals surface area contributed by atoms with Gasteiger partial charge in [0.2, 0.25) is 11.8 Å². The van der Waals surface area contributed by atoms with Crippen LogP contribution in [0.25, 0.3) is 10.8 Å². The summed E-state index contributed by atoms with van der Waals surface area (Å²) in [5, 5.41) is 5.28. The van der Waals surface area contributed by atoms with Crippen molar-refractivity contribution in [1.82, 2.24) is 10.2 Å². The average molecular weight is 543 g/mol. The lowest BCUT2D eigenvalue weighted by molar-refractivity contribution is -0.162. The number of ether oxygens (including phenoxy) is 1. The van der Waals surface area contributed by atoms with E-state index in [9.17, 15) is 14.4 Å². The molecule has 0 aromatic heterocycles. The van der Waals surface area contributed by atoms with Crippen LogP contribution in [0.3, 0.4) is 0 Å². The minimum atomic E-state index is -0.925. The Morgan fingerprint density at radius 2 is 1.88 bits per heavy atom. The van der Waals surface area contributed by atoms with E-state index in [-0.39, 0.29) is 29.6 Å². The molecular weight excluding hydrogens is 500 g/mol. The van der Waals surface area contributed by atoms with Gasteiger partial charge in [-0.05, 0) is 73.1 Å². The molecule has 2 atom stereocenters. The Bertz CT molecular complexity index is 1350. The fourth-order valence-corrected chi connectivity index (χ4v) is 7.11. The number of carbonyl (C=O) groups is 3. The lowest BCUT2D eigenvalue weighted by atomic mass is 9.59. The summed E-state index contributed by atoms with van der Waals surface area (Å²) in [4.78, 5) is 42.6. The second-order valence-corrected chi connectivity index (χ2v) is 12.6. The van der Waals surface area contributed by atoms with E-state index in [0.29, 0.717) is 25.9 Å². The third-order valence-electron chi connectivity index (χ3n) is 9.02. The topological polar surface area (TPSA) is 75.7 Å². The van der Waals surface area contributed by atoms with Crippen molar-refractivity contribution < 1.29 is 19.1 Å². The number of amides is 2. The molecule has 3 aliphatic rings. The van der Waals surface area contributed by atoms with Gasteiger partial charge >= 0.3 is 5.97 Å². The molecule has 6 nitrogen and oxygen atoms in total. The number of allylic oxidation sites excluding steroid dienone is 2. The summed E-state index contributed by atoms with van der Waals surface area (Å²) in [7, 11) is 1.43. The van der Waals surface area contributed by atoms with E-state index in [0.717, 1.165) is 47.7 Å². The molecule has 2 amide bonds. The van der Waals surface area contributed by atoms with Crippen LogP contribution in [0, 0.1) is 16.7 Å². The Labute approximate surface area is 237 Å². The van der Waals surface area contributed by atoms with Gasteiger partial charge in [-0.15, -0.1) is 0 Å². The highest BCUT2D eigenvalue weighted by Crippen LogP contribution is 2.54. The molecule has 1 heterocycles. The zero-order valence-electron chi connectivity index (χ0n) is 24.1. The van der Waals surface area contributed by atoms with Crippen molar-refractivity contribution >= 4 is 28.6 Å². The van der Waals surface area contributed by atoms with Crippen LogP contribution < -0.4 is 5.32 Å². The monoisotopic (exact) mass is 542 g/mol. The molecule has 0 unspecified atom stereocenters. The maximum absolute atomic E-state index is 14.0. The van der Waals surface area contributed by atoms with Gasteiger partial charge in [0, 0.05) is 31.1 Å². The second kappa shape index (κ2) is 11.6. The molecule has 0 spiro atoms. The largest absolute Gasteiger partial charge is 0.468 e. The summed E-state index contributed by atoms with van der Waals surface area (Å²) in [5.41, 5.74) is 2.17. The summed E-state index contributed by atoms with van der Waals surface area (Å²) >= 11 is 0. The van der Waals surface area contributed by atoms with Crippen molar-refractivity contribution in [3.05, 3.63) is 71.5 Å². The maximum atomic E-state index is 14.0. The number of hydrogen-bond acceptors (Lipinski definition) is 4. The van der Waals surface area contributed by atoms with E-state index < -0.39 is 11.3 Å². The number of likely N-dealkylation sites (tertiary alicyclic amines) is 1. The molecule has 212 valence electrons. The smallest absolute Gasteiger partial charge is 0.317 e. The first-order valence-corrected chi connectivity index (χ1v) is 14.7. The van der Waals surface area contributed by atoms with Gasteiger partial charge in [0.05, 0.1) is 7.11 Å². The van der Waals surface area contributed by atoms with Gasteiger partial charge in [-0.2, -0.15) is 0 Å². The fourth-order valence-electron chi connectivity index (χ4n) is 7.11. The Balaban J connectivity index is 1.38. The first kappa shape index (κ1) is 28.1. The SMILES string of the molecule is COC(=O)[C@@]12C[C@H](CC(=O)NCc3cccc4ccccc34)C(=O)N(CCC3=CCCCC3)C1=CCC(C)(C)C2. The molecule has 1 saturated heterocycles. The van der Waals surface area contributed by atoms with Crippen LogP contribution in [-0.2, 0) is 25.7 Å². The van der Waals surface area contributed by atoms with Crippen LogP contribution in [0.4, 0.5) is 0 Å². The van der Waals surface area contributed by atoms with Crippen LogP contribution in [-0.4, -0.2) is 36.3 Å². The van der Waals surface area contributed by atoms with Gasteiger partial charge in [-0.25, -0.2) is 0 Å². The van der Waals surface area contributed by atoms with Gasteiger partial charge in [0.1, 0.15) is 5.41 Å². The predicted octanol–water partition coefficient (Wildman–Crippen LogP) is 6.45. The highest BCUT2D eigenvalue weighted by atomic mass is 16.5. The minimum Gasteiger partial charge on any atom is -0.468 e. The third-order valence-corrected chi connectivity index (χ3v) is 9.02. The van der Waals surface area contributed by atoms with Crippen molar-refractivity contribution in [2.75, 3.05) is 13.7 Å². The van der Waals surface area contributed by atoms with E-state index in [1.165, 1.54) is 25.5 Å². The Kier molecular flexibility index (Phi) is 8.16. The fraction of sp³-hybridized carbons (Fsp3) is 0.500. The van der Waals surface area contributed by atoms with E-state index in [2.05, 4.69) is 49.5 Å². The third kappa shape index (κ3) is 5.72. The predicted molar refractivity (Wildman–Crippen MR) is 157 cm³/mol. The second-order valence-electron chi connectivity index (χ2n) is 12.6. The van der Waals surface area contributed by atoms with E-state index in [1.807, 2.05) is 29.2 Å². The van der Waals surface area contributed by atoms with Crippen LogP contribution in [0.15, 0.2) is 65.9 Å². The van der Waals surface area contributed by atoms with Gasteiger partial charge in [-0.1, -0.05) is 74.0 Å². The highest BCUT2D eigenvalue weighted by molar-refractivity contribution is 5.92. The summed E-state index contributed by atoms with van der Waals surface area (Å²) in [6, 6.07) is 14.2. The van der Waals surface area contributed by atoms with Crippen molar-refractivity contribution in [2.24, 2.45) is 16.7 Å². The number of nitrogens with one attached hydrogen (secondary N) is 1. The van der Waals surface area contributed by atoms with Gasteiger partial charge in [-0.3, -0.25) is 14.4 Å². The molecule has 40 heavy (non-hydrogen) atoms. The van der Waals surface area contributed by atoms with E-state index >= 15 is 0 Å². The molecule has 2 aromatic carbocycles. The summed E-state index contributed by atoms with van der Waals surface area (Å²) in [5.74, 6) is -1.12. The number of carbonyl (C=O) groups excluding carboxylic acids is 3. The Hall–Kier alpha value is -3.41. The van der Waals surface area contributed by atoms with Crippen LogP contribution in [0.1, 0.15) is 77.2 Å². The zero-order chi connectivity index (χ0) is 28.3. The molecule has 2 aliphatic carbocycles. The number of benzene rings is 2. The van der Waals surface area contributed by atoms with Crippen LogP contribution in [0.5, 0.6) is 0 Å². The number of nitrogens with zero attached hydrogens (tertiary/aromatic N) is 1. The maximum Gasteiger partial charge on any atom is 0.317 e. The standard InChI is InChI=1S/C34H42N2O4/c1-33(2)18-16-29-34(23-33,32(39)40-3)21-27(31(38)36(29)19-17-24-10-5-4-6-11-24)20-30(37)35-22-26-14-9-13-25-12-7-8-15-28(25)26/h7-10,12-16,27H,4-6,11,17-23H2,1-3H3,(H,35,37)/t27-,34+/m0/s1. The van der Waals surface area contributed by atoms with E-state index in [1.54, 1.807) is 0 Å². The first-order valence-electron chi connectivity index (χ1n) is 14.7. The van der Waals surface area contributed by atoms with Crippen molar-refractivity contribution in [3.8, 4) is 0 Å². The number of rotatable bonds is 8. The van der Waals surface area contributed by atoms with Gasteiger partial charge in [0.25, 0.3) is 0 Å². The molecule has 2 aromatic rings. The molecule has 0 saturated carbocycles. The molecule has 1 fully saturated rings. The molecular formula is C34H42N2O4. The summed E-state index contributed by atoms with van der Waals surface area (Å²) < 4.78 is 5.39. The highest BCUT2D eigenvalue weighted by Gasteiger charge is 2.57. The number of piperidine rings is 1. The quantitative estimate of drug-likeness (QED) is 0.307. The molecule has 0 bridgehead atoms. The Morgan fingerprint density at radius 1 is 1.07 bits per heavy atom. The average Bonchev–Trinajstić information content (AvgIpc) is 2.95. The first-order chi connectivity index (χ1) is 19.2. The number of methoxy groups -OCH3 is 1. The van der Waals surface area contributed by atoms with Gasteiger partial charge < -0.3 is 15.0 Å². The van der Waals surface area contributed by atoms with Crippen molar-refractivity contribution in [1.29, 1.82) is 0 Å². The lowest BCUT2D eigenvalue weighted by Crippen LogP contribution is -2.56. The molecule has 0 radical (unpaired) electrons. The Morgan fingerprint density at radius 3 is 2.65 bits per heavy atom. The van der Waals surface area contributed by atoms with Crippen molar-refractivity contribution in [2.45, 2.75) is 78.2 Å².